The first-order valence-electron chi connectivity index (χ1n) is 4.96. The zero-order chi connectivity index (χ0) is 12.4. The van der Waals surface area contributed by atoms with E-state index < -0.39 is 5.82 Å². The molecule has 2 rings (SSSR count). The number of ether oxygens (including phenoxy) is 1. The molecule has 0 heterocycles. The SMILES string of the molecule is Cc1ccc(Cl)c(Oc2cccc(Br)c2)c1F. The molecule has 0 saturated carbocycles. The van der Waals surface area contributed by atoms with Crippen LogP contribution in [-0.2, 0) is 0 Å². The molecule has 0 saturated heterocycles. The van der Waals surface area contributed by atoms with E-state index in [9.17, 15) is 4.39 Å². The van der Waals surface area contributed by atoms with Crippen LogP contribution in [0.5, 0.6) is 11.5 Å². The molecule has 4 heteroatoms. The summed E-state index contributed by atoms with van der Waals surface area (Å²) in [5.74, 6) is 0.160. The van der Waals surface area contributed by atoms with Crippen LogP contribution < -0.4 is 4.74 Å². The van der Waals surface area contributed by atoms with Crippen LogP contribution in [0.15, 0.2) is 40.9 Å². The van der Waals surface area contributed by atoms with E-state index in [0.29, 0.717) is 11.3 Å². The van der Waals surface area contributed by atoms with E-state index in [4.69, 9.17) is 16.3 Å². The molecule has 0 unspecified atom stereocenters. The summed E-state index contributed by atoms with van der Waals surface area (Å²) in [5.41, 5.74) is 0.499. The fraction of sp³-hybridized carbons (Fsp3) is 0.0769. The molecule has 0 radical (unpaired) electrons. The van der Waals surface area contributed by atoms with Crippen molar-refractivity contribution in [1.82, 2.24) is 0 Å². The maximum atomic E-state index is 13.8. The van der Waals surface area contributed by atoms with Gasteiger partial charge in [0.15, 0.2) is 11.6 Å². The topological polar surface area (TPSA) is 9.23 Å². The summed E-state index contributed by atoms with van der Waals surface area (Å²) in [6.07, 6.45) is 0. The molecule has 0 N–H and O–H groups in total. The minimum atomic E-state index is -0.433. The zero-order valence-corrected chi connectivity index (χ0v) is 11.3. The first-order valence-corrected chi connectivity index (χ1v) is 6.13. The zero-order valence-electron chi connectivity index (χ0n) is 9.01. The van der Waals surface area contributed by atoms with Gasteiger partial charge in [-0.2, -0.15) is 0 Å². The molecule has 0 aliphatic rings. The highest BCUT2D eigenvalue weighted by Gasteiger charge is 2.12. The highest BCUT2D eigenvalue weighted by Crippen LogP contribution is 2.34. The Balaban J connectivity index is 2.39. The second kappa shape index (κ2) is 5.07. The molecule has 0 fully saturated rings. The van der Waals surface area contributed by atoms with E-state index in [1.807, 2.05) is 6.07 Å². The van der Waals surface area contributed by atoms with Crippen LogP contribution in [0.4, 0.5) is 4.39 Å². The molecule has 0 atom stereocenters. The maximum absolute atomic E-state index is 13.8. The van der Waals surface area contributed by atoms with Gasteiger partial charge in [-0.15, -0.1) is 0 Å². The van der Waals surface area contributed by atoms with Gasteiger partial charge in [0.25, 0.3) is 0 Å². The first-order chi connectivity index (χ1) is 8.08. The molecule has 0 spiro atoms. The lowest BCUT2D eigenvalue weighted by atomic mass is 10.2. The number of benzene rings is 2. The van der Waals surface area contributed by atoms with Gasteiger partial charge in [-0.3, -0.25) is 0 Å². The molecule has 0 amide bonds. The van der Waals surface area contributed by atoms with Crippen LogP contribution in [-0.4, -0.2) is 0 Å². The molecule has 0 bridgehead atoms. The Morgan fingerprint density at radius 1 is 1.24 bits per heavy atom. The minimum absolute atomic E-state index is 0.0600. The fourth-order valence-corrected chi connectivity index (χ4v) is 1.94. The van der Waals surface area contributed by atoms with Crippen LogP contribution in [0.1, 0.15) is 5.56 Å². The summed E-state index contributed by atoms with van der Waals surface area (Å²) in [4.78, 5) is 0. The average molecular weight is 316 g/mol. The lowest BCUT2D eigenvalue weighted by molar-refractivity contribution is 0.440. The van der Waals surface area contributed by atoms with Gasteiger partial charge in [0.2, 0.25) is 0 Å². The van der Waals surface area contributed by atoms with Crippen molar-refractivity contribution in [2.45, 2.75) is 6.92 Å². The number of hydrogen-bond acceptors (Lipinski definition) is 1. The van der Waals surface area contributed by atoms with Crippen LogP contribution in [0.3, 0.4) is 0 Å². The van der Waals surface area contributed by atoms with Gasteiger partial charge in [0.1, 0.15) is 5.75 Å². The lowest BCUT2D eigenvalue weighted by Gasteiger charge is -2.10. The van der Waals surface area contributed by atoms with E-state index in [1.54, 1.807) is 37.3 Å². The van der Waals surface area contributed by atoms with Gasteiger partial charge in [0, 0.05) is 4.47 Å². The summed E-state index contributed by atoms with van der Waals surface area (Å²) in [6, 6.07) is 10.4. The van der Waals surface area contributed by atoms with Crippen molar-refractivity contribution in [3.05, 3.63) is 57.3 Å². The second-order valence-electron chi connectivity index (χ2n) is 3.57. The number of rotatable bonds is 2. The Kier molecular flexibility index (Phi) is 3.69. The normalized spacial score (nSPS) is 10.4. The van der Waals surface area contributed by atoms with Gasteiger partial charge < -0.3 is 4.74 Å². The van der Waals surface area contributed by atoms with Gasteiger partial charge in [-0.05, 0) is 36.8 Å². The largest absolute Gasteiger partial charge is 0.453 e. The van der Waals surface area contributed by atoms with Crippen molar-refractivity contribution in [3.63, 3.8) is 0 Å². The van der Waals surface area contributed by atoms with Crippen molar-refractivity contribution in [2.75, 3.05) is 0 Å². The Labute approximate surface area is 112 Å². The van der Waals surface area contributed by atoms with E-state index in [0.717, 1.165) is 4.47 Å². The van der Waals surface area contributed by atoms with Crippen LogP contribution in [0.2, 0.25) is 5.02 Å². The molecular formula is C13H9BrClFO. The van der Waals surface area contributed by atoms with E-state index >= 15 is 0 Å². The van der Waals surface area contributed by atoms with Crippen molar-refractivity contribution in [3.8, 4) is 11.5 Å². The second-order valence-corrected chi connectivity index (χ2v) is 4.89. The molecule has 0 aromatic heterocycles. The monoisotopic (exact) mass is 314 g/mol. The summed E-state index contributed by atoms with van der Waals surface area (Å²) in [5, 5.41) is 0.257. The smallest absolute Gasteiger partial charge is 0.181 e. The van der Waals surface area contributed by atoms with Crippen molar-refractivity contribution in [1.29, 1.82) is 0 Å². The van der Waals surface area contributed by atoms with E-state index in [-0.39, 0.29) is 10.8 Å². The summed E-state index contributed by atoms with van der Waals surface area (Å²) < 4.78 is 20.2. The first kappa shape index (κ1) is 12.4. The molecule has 0 aliphatic heterocycles. The summed E-state index contributed by atoms with van der Waals surface area (Å²) in [7, 11) is 0. The molecule has 1 nitrogen and oxygen atoms in total. The van der Waals surface area contributed by atoms with Crippen LogP contribution in [0, 0.1) is 12.7 Å². The number of halogens is 3. The molecule has 17 heavy (non-hydrogen) atoms. The highest BCUT2D eigenvalue weighted by atomic mass is 79.9. The standard InChI is InChI=1S/C13H9BrClFO/c1-8-5-6-11(15)13(12(8)16)17-10-4-2-3-9(14)7-10/h2-7H,1H3. The molecule has 0 aliphatic carbocycles. The predicted octanol–water partition coefficient (Wildman–Crippen LogP) is 5.34. The van der Waals surface area contributed by atoms with Gasteiger partial charge in [-0.25, -0.2) is 4.39 Å². The third kappa shape index (κ3) is 2.79. The fourth-order valence-electron chi connectivity index (χ4n) is 1.37. The van der Waals surface area contributed by atoms with Crippen LogP contribution >= 0.6 is 27.5 Å². The Bertz CT molecular complexity index is 557. The van der Waals surface area contributed by atoms with E-state index in [1.165, 1.54) is 0 Å². The number of aryl methyl sites for hydroxylation is 1. The molecule has 88 valence electrons. The summed E-state index contributed by atoms with van der Waals surface area (Å²) in [6.45, 7) is 1.67. The average Bonchev–Trinajstić information content (AvgIpc) is 2.30. The van der Waals surface area contributed by atoms with Gasteiger partial charge in [-0.1, -0.05) is 39.7 Å². The van der Waals surface area contributed by atoms with Gasteiger partial charge in [0.05, 0.1) is 5.02 Å². The third-order valence-electron chi connectivity index (χ3n) is 2.26. The predicted molar refractivity (Wildman–Crippen MR) is 70.4 cm³/mol. The van der Waals surface area contributed by atoms with Crippen molar-refractivity contribution < 1.29 is 9.13 Å². The molecule has 2 aromatic rings. The van der Waals surface area contributed by atoms with Crippen LogP contribution in [0.25, 0.3) is 0 Å². The molecule has 2 aromatic carbocycles. The quantitative estimate of drug-likeness (QED) is 0.726. The Morgan fingerprint density at radius 2 is 2.00 bits per heavy atom. The van der Waals surface area contributed by atoms with Crippen molar-refractivity contribution >= 4 is 27.5 Å². The summed E-state index contributed by atoms with van der Waals surface area (Å²) >= 11 is 9.23. The Hall–Kier alpha value is -1.06. The van der Waals surface area contributed by atoms with E-state index in [2.05, 4.69) is 15.9 Å². The minimum Gasteiger partial charge on any atom is -0.453 e. The van der Waals surface area contributed by atoms with Crippen molar-refractivity contribution in [2.24, 2.45) is 0 Å². The lowest BCUT2D eigenvalue weighted by Crippen LogP contribution is -1.92. The third-order valence-corrected chi connectivity index (χ3v) is 3.05. The molecular weight excluding hydrogens is 306 g/mol. The maximum Gasteiger partial charge on any atom is 0.181 e. The number of hydrogen-bond donors (Lipinski definition) is 0. The Morgan fingerprint density at radius 3 is 2.71 bits per heavy atom. The highest BCUT2D eigenvalue weighted by molar-refractivity contribution is 9.10. The van der Waals surface area contributed by atoms with Gasteiger partial charge >= 0.3 is 0 Å².